The van der Waals surface area contributed by atoms with Gasteiger partial charge in [-0.15, -0.1) is 13.2 Å². The number of aromatic nitrogens is 1. The van der Waals surface area contributed by atoms with E-state index in [2.05, 4.69) is 4.74 Å². The molecule has 0 aliphatic carbocycles. The van der Waals surface area contributed by atoms with Crippen molar-refractivity contribution in [2.24, 2.45) is 0 Å². The van der Waals surface area contributed by atoms with E-state index in [1.54, 1.807) is 28.8 Å². The highest BCUT2D eigenvalue weighted by Gasteiger charge is 2.35. The maximum atomic E-state index is 13.2. The number of nitrogens with zero attached hydrogens (tertiary/aromatic N) is 2. The largest absolute Gasteiger partial charge is 0.573 e. The third-order valence-corrected chi connectivity index (χ3v) is 6.01. The van der Waals surface area contributed by atoms with Crippen LogP contribution < -0.4 is 4.74 Å². The number of sulfone groups is 1. The van der Waals surface area contributed by atoms with Gasteiger partial charge in [0.1, 0.15) is 10.6 Å². The number of hydrogen-bond donors (Lipinski definition) is 0. The Kier molecular flexibility index (Phi) is 5.40. The van der Waals surface area contributed by atoms with Crippen LogP contribution in [-0.4, -0.2) is 44.9 Å². The van der Waals surface area contributed by atoms with Crippen LogP contribution in [0.3, 0.4) is 0 Å². The van der Waals surface area contributed by atoms with Crippen molar-refractivity contribution in [3.63, 3.8) is 0 Å². The third kappa shape index (κ3) is 4.15. The third-order valence-electron chi connectivity index (χ3n) is 4.19. The predicted octanol–water partition coefficient (Wildman–Crippen LogP) is 3.93. The highest BCUT2D eigenvalue weighted by Crippen LogP contribution is 2.36. The molecule has 0 bridgehead atoms. The molecule has 0 aliphatic rings. The summed E-state index contributed by atoms with van der Waals surface area (Å²) in [5, 5.41) is 0.447. The van der Waals surface area contributed by atoms with Crippen molar-refractivity contribution in [1.29, 1.82) is 0 Å². The van der Waals surface area contributed by atoms with Crippen LogP contribution in [0.4, 0.5) is 13.2 Å². The highest BCUT2D eigenvalue weighted by molar-refractivity contribution is 7.91. The molecule has 0 aliphatic heterocycles. The van der Waals surface area contributed by atoms with Crippen LogP contribution in [-0.2, 0) is 16.4 Å². The summed E-state index contributed by atoms with van der Waals surface area (Å²) in [7, 11) is -0.452. The van der Waals surface area contributed by atoms with Gasteiger partial charge in [0.25, 0.3) is 0 Å². The van der Waals surface area contributed by atoms with Gasteiger partial charge in [0.15, 0.2) is 0 Å². The second-order valence-corrected chi connectivity index (χ2v) is 8.39. The van der Waals surface area contributed by atoms with Gasteiger partial charge in [-0.05, 0) is 32.3 Å². The minimum absolute atomic E-state index is 0.0555. The van der Waals surface area contributed by atoms with E-state index in [4.69, 9.17) is 0 Å². The zero-order valence-corrected chi connectivity index (χ0v) is 16.1. The smallest absolute Gasteiger partial charge is 0.404 e. The molecule has 0 amide bonds. The van der Waals surface area contributed by atoms with Crippen LogP contribution in [0.2, 0.25) is 0 Å². The van der Waals surface area contributed by atoms with E-state index in [0.717, 1.165) is 12.1 Å². The fourth-order valence-corrected chi connectivity index (χ4v) is 4.52. The minimum atomic E-state index is -4.99. The summed E-state index contributed by atoms with van der Waals surface area (Å²) >= 11 is 0. The Morgan fingerprint density at radius 3 is 2.32 bits per heavy atom. The first-order valence-corrected chi connectivity index (χ1v) is 9.90. The predicted molar refractivity (Wildman–Crippen MR) is 99.1 cm³/mol. The Bertz CT molecular complexity index is 1090. The topological polar surface area (TPSA) is 51.5 Å². The molecule has 0 atom stereocenters. The number of rotatable bonds is 6. The first-order chi connectivity index (χ1) is 13.1. The van der Waals surface area contributed by atoms with Gasteiger partial charge >= 0.3 is 6.36 Å². The lowest BCUT2D eigenvalue weighted by atomic mass is 10.2. The van der Waals surface area contributed by atoms with Gasteiger partial charge in [0, 0.05) is 30.2 Å². The molecule has 0 N–H and O–H groups in total. The molecule has 150 valence electrons. The summed E-state index contributed by atoms with van der Waals surface area (Å²) in [6.45, 7) is 1.20. The fraction of sp³-hybridized carbons (Fsp3) is 0.263. The van der Waals surface area contributed by atoms with Crippen molar-refractivity contribution >= 4 is 20.7 Å². The van der Waals surface area contributed by atoms with E-state index >= 15 is 0 Å². The van der Waals surface area contributed by atoms with Crippen LogP contribution in [0.15, 0.2) is 64.5 Å². The average Bonchev–Trinajstić information content (AvgIpc) is 2.98. The average molecular weight is 412 g/mol. The maximum absolute atomic E-state index is 13.2. The van der Waals surface area contributed by atoms with E-state index in [9.17, 15) is 21.6 Å². The lowest BCUT2D eigenvalue weighted by Crippen LogP contribution is -2.19. The van der Waals surface area contributed by atoms with Crippen LogP contribution in [0.1, 0.15) is 0 Å². The molecule has 5 nitrogen and oxygen atoms in total. The number of likely N-dealkylation sites (N-methyl/N-ethyl adjacent to an activating group) is 1. The second-order valence-electron chi connectivity index (χ2n) is 6.51. The standard InChI is InChI=1S/C19H19F3N2O3S/c1-23(2)11-12-24-13-18(14-7-3-4-8-15(14)24)28(25,26)17-10-6-5-9-16(17)27-19(20,21)22/h3-10,13H,11-12H2,1-2H3. The van der Waals surface area contributed by atoms with Crippen molar-refractivity contribution in [2.45, 2.75) is 22.7 Å². The van der Waals surface area contributed by atoms with E-state index in [1.807, 2.05) is 19.0 Å². The minimum Gasteiger partial charge on any atom is -0.404 e. The molecule has 1 aromatic heterocycles. The van der Waals surface area contributed by atoms with Crippen molar-refractivity contribution in [3.8, 4) is 5.75 Å². The van der Waals surface area contributed by atoms with Gasteiger partial charge in [-0.1, -0.05) is 30.3 Å². The van der Waals surface area contributed by atoms with Crippen LogP contribution in [0.5, 0.6) is 5.75 Å². The SMILES string of the molecule is CN(C)CCn1cc(S(=O)(=O)c2ccccc2OC(F)(F)F)c2ccccc21. The van der Waals surface area contributed by atoms with Gasteiger partial charge in [-0.25, -0.2) is 8.42 Å². The summed E-state index contributed by atoms with van der Waals surface area (Å²) < 4.78 is 70.4. The van der Waals surface area contributed by atoms with Gasteiger partial charge in [-0.2, -0.15) is 0 Å². The van der Waals surface area contributed by atoms with Crippen molar-refractivity contribution in [1.82, 2.24) is 9.47 Å². The van der Waals surface area contributed by atoms with Gasteiger partial charge in [0.2, 0.25) is 9.84 Å². The Morgan fingerprint density at radius 1 is 1.00 bits per heavy atom. The fourth-order valence-electron chi connectivity index (χ4n) is 2.92. The maximum Gasteiger partial charge on any atom is 0.573 e. The summed E-state index contributed by atoms with van der Waals surface area (Å²) in [5.41, 5.74) is 0.692. The van der Waals surface area contributed by atoms with Gasteiger partial charge in [0.05, 0.1) is 4.90 Å². The molecular weight excluding hydrogens is 393 g/mol. The summed E-state index contributed by atoms with van der Waals surface area (Å²) in [6.07, 6.45) is -3.53. The Morgan fingerprint density at radius 2 is 1.64 bits per heavy atom. The number of halogens is 3. The zero-order chi connectivity index (χ0) is 20.5. The molecule has 0 saturated heterocycles. The molecule has 0 unspecified atom stereocenters. The summed E-state index contributed by atoms with van der Waals surface area (Å²) in [6, 6.07) is 11.7. The van der Waals surface area contributed by atoms with E-state index < -0.39 is 26.8 Å². The number of hydrogen-bond acceptors (Lipinski definition) is 4. The van der Waals surface area contributed by atoms with E-state index in [1.165, 1.54) is 18.3 Å². The molecular formula is C19H19F3N2O3S. The number of ether oxygens (including phenoxy) is 1. The van der Waals surface area contributed by atoms with Crippen molar-refractivity contribution < 1.29 is 26.3 Å². The molecule has 3 aromatic rings. The molecule has 0 radical (unpaired) electrons. The first-order valence-electron chi connectivity index (χ1n) is 8.42. The van der Waals surface area contributed by atoms with Gasteiger partial charge < -0.3 is 14.2 Å². The van der Waals surface area contributed by atoms with Crippen molar-refractivity contribution in [2.75, 3.05) is 20.6 Å². The monoisotopic (exact) mass is 412 g/mol. The Balaban J connectivity index is 2.15. The lowest BCUT2D eigenvalue weighted by Gasteiger charge is -2.13. The molecule has 0 saturated carbocycles. The molecule has 28 heavy (non-hydrogen) atoms. The van der Waals surface area contributed by atoms with E-state index in [0.29, 0.717) is 24.0 Å². The van der Waals surface area contributed by atoms with E-state index in [-0.39, 0.29) is 4.90 Å². The quantitative estimate of drug-likeness (QED) is 0.616. The molecule has 0 spiro atoms. The second kappa shape index (κ2) is 7.48. The Hall–Kier alpha value is -2.52. The van der Waals surface area contributed by atoms with Gasteiger partial charge in [-0.3, -0.25) is 0 Å². The molecule has 0 fully saturated rings. The van der Waals surface area contributed by atoms with Crippen LogP contribution in [0, 0.1) is 0 Å². The first kappa shape index (κ1) is 20.2. The number of benzene rings is 2. The Labute approximate surface area is 160 Å². The molecule has 9 heteroatoms. The lowest BCUT2D eigenvalue weighted by molar-refractivity contribution is -0.275. The molecule has 3 rings (SSSR count). The molecule has 1 heterocycles. The highest BCUT2D eigenvalue weighted by atomic mass is 32.2. The summed E-state index contributed by atoms with van der Waals surface area (Å²) in [5.74, 6) is -0.750. The summed E-state index contributed by atoms with van der Waals surface area (Å²) in [4.78, 5) is 1.37. The van der Waals surface area contributed by atoms with Crippen molar-refractivity contribution in [3.05, 3.63) is 54.7 Å². The van der Waals surface area contributed by atoms with Crippen LogP contribution >= 0.6 is 0 Å². The van der Waals surface area contributed by atoms with Crippen LogP contribution in [0.25, 0.3) is 10.9 Å². The zero-order valence-electron chi connectivity index (χ0n) is 15.3. The molecule has 2 aromatic carbocycles. The number of para-hydroxylation sites is 2. The normalized spacial score (nSPS) is 12.6. The number of fused-ring (bicyclic) bond motifs is 1. The number of alkyl halides is 3.